The molecule has 2 heterocycles. The van der Waals surface area contributed by atoms with E-state index >= 15 is 0 Å². The van der Waals surface area contributed by atoms with Gasteiger partial charge in [0.25, 0.3) is 0 Å². The monoisotopic (exact) mass is 290 g/mol. The smallest absolute Gasteiger partial charge is 0.180 e. The summed E-state index contributed by atoms with van der Waals surface area (Å²) in [6.45, 7) is 11.5. The van der Waals surface area contributed by atoms with Crippen LogP contribution in [0, 0.1) is 5.92 Å². The average molecular weight is 291 g/mol. The topological polar surface area (TPSA) is 45.4 Å². The van der Waals surface area contributed by atoms with Crippen molar-refractivity contribution in [3.05, 3.63) is 11.1 Å². The van der Waals surface area contributed by atoms with Gasteiger partial charge in [0.05, 0.1) is 0 Å². The zero-order valence-electron chi connectivity index (χ0n) is 11.1. The molecule has 0 bridgehead atoms. The van der Waals surface area contributed by atoms with Crippen molar-refractivity contribution >= 4 is 28.9 Å². The predicted octanol–water partition coefficient (Wildman–Crippen LogP) is 1.92. The molecule has 18 heavy (non-hydrogen) atoms. The Morgan fingerprint density at radius 3 is 2.39 bits per heavy atom. The van der Waals surface area contributed by atoms with E-state index in [9.17, 15) is 0 Å². The molecule has 1 aliphatic rings. The number of rotatable bonds is 4. The van der Waals surface area contributed by atoms with Crippen LogP contribution < -0.4 is 5.73 Å². The fourth-order valence-corrected chi connectivity index (χ4v) is 2.99. The van der Waals surface area contributed by atoms with Gasteiger partial charge in [0, 0.05) is 50.3 Å². The number of hydrogen-bond donors (Lipinski definition) is 1. The van der Waals surface area contributed by atoms with Crippen molar-refractivity contribution in [2.45, 2.75) is 20.4 Å². The van der Waals surface area contributed by atoms with Crippen LogP contribution in [0.15, 0.2) is 6.20 Å². The summed E-state index contributed by atoms with van der Waals surface area (Å²) in [6, 6.07) is 0. The summed E-state index contributed by atoms with van der Waals surface area (Å²) < 4.78 is 0. The van der Waals surface area contributed by atoms with Gasteiger partial charge in [0.1, 0.15) is 0 Å². The van der Waals surface area contributed by atoms with Crippen LogP contribution in [0.4, 0.5) is 5.13 Å². The molecule has 0 unspecified atom stereocenters. The van der Waals surface area contributed by atoms with Gasteiger partial charge in [-0.05, 0) is 5.92 Å². The molecule has 4 nitrogen and oxygen atoms in total. The van der Waals surface area contributed by atoms with Crippen molar-refractivity contribution in [3.8, 4) is 0 Å². The maximum Gasteiger partial charge on any atom is 0.180 e. The Kier molecular flexibility index (Phi) is 6.35. The number of halogens is 1. The lowest BCUT2D eigenvalue weighted by atomic mass is 10.2. The maximum atomic E-state index is 5.64. The lowest BCUT2D eigenvalue weighted by Crippen LogP contribution is -2.46. The number of hydrogen-bond acceptors (Lipinski definition) is 5. The minimum atomic E-state index is 0. The van der Waals surface area contributed by atoms with Crippen molar-refractivity contribution in [2.24, 2.45) is 5.92 Å². The molecule has 0 radical (unpaired) electrons. The van der Waals surface area contributed by atoms with Crippen LogP contribution in [-0.4, -0.2) is 47.5 Å². The van der Waals surface area contributed by atoms with Crippen LogP contribution >= 0.6 is 23.7 Å². The zero-order valence-corrected chi connectivity index (χ0v) is 12.8. The first-order valence-electron chi connectivity index (χ1n) is 6.28. The second-order valence-electron chi connectivity index (χ2n) is 5.14. The van der Waals surface area contributed by atoms with Crippen LogP contribution in [0.2, 0.25) is 0 Å². The average Bonchev–Trinajstić information content (AvgIpc) is 2.66. The van der Waals surface area contributed by atoms with Gasteiger partial charge in [0.15, 0.2) is 5.13 Å². The molecule has 104 valence electrons. The molecule has 0 saturated carbocycles. The normalized spacial score (nSPS) is 17.9. The molecule has 1 aromatic rings. The molecule has 0 spiro atoms. The Morgan fingerprint density at radius 1 is 1.28 bits per heavy atom. The van der Waals surface area contributed by atoms with Crippen molar-refractivity contribution in [1.29, 1.82) is 0 Å². The van der Waals surface area contributed by atoms with Crippen molar-refractivity contribution in [1.82, 2.24) is 14.8 Å². The number of nitrogens with two attached hydrogens (primary N) is 1. The summed E-state index contributed by atoms with van der Waals surface area (Å²) in [5, 5.41) is 0.679. The second-order valence-corrected chi connectivity index (χ2v) is 6.28. The zero-order chi connectivity index (χ0) is 12.3. The number of nitrogen functional groups attached to an aromatic ring is 1. The van der Waals surface area contributed by atoms with Gasteiger partial charge in [-0.3, -0.25) is 4.90 Å². The second kappa shape index (κ2) is 7.28. The Hall–Kier alpha value is -0.360. The van der Waals surface area contributed by atoms with Gasteiger partial charge in [-0.1, -0.05) is 13.8 Å². The Balaban J connectivity index is 0.00000162. The van der Waals surface area contributed by atoms with Crippen LogP contribution in [0.3, 0.4) is 0 Å². The summed E-state index contributed by atoms with van der Waals surface area (Å²) in [5.74, 6) is 0.767. The van der Waals surface area contributed by atoms with Gasteiger partial charge in [0.2, 0.25) is 0 Å². The number of anilines is 1. The van der Waals surface area contributed by atoms with Crippen LogP contribution in [0.5, 0.6) is 0 Å². The Labute approximate surface area is 120 Å². The fraction of sp³-hybridized carbons (Fsp3) is 0.750. The third-order valence-corrected chi connectivity index (χ3v) is 3.85. The minimum absolute atomic E-state index is 0. The van der Waals surface area contributed by atoms with Crippen LogP contribution in [-0.2, 0) is 6.54 Å². The maximum absolute atomic E-state index is 5.64. The summed E-state index contributed by atoms with van der Waals surface area (Å²) in [5.41, 5.74) is 5.64. The van der Waals surface area contributed by atoms with E-state index in [1.165, 1.54) is 24.5 Å². The van der Waals surface area contributed by atoms with E-state index in [0.717, 1.165) is 25.6 Å². The van der Waals surface area contributed by atoms with Crippen molar-refractivity contribution < 1.29 is 0 Å². The predicted molar refractivity (Wildman–Crippen MR) is 80.3 cm³/mol. The fourth-order valence-electron chi connectivity index (χ4n) is 2.26. The first-order valence-corrected chi connectivity index (χ1v) is 7.10. The number of thiazole rings is 1. The number of nitrogens with zero attached hydrogens (tertiary/aromatic N) is 3. The van der Waals surface area contributed by atoms with Crippen LogP contribution in [0.1, 0.15) is 18.7 Å². The molecule has 1 fully saturated rings. The molecule has 0 aliphatic carbocycles. The van der Waals surface area contributed by atoms with E-state index in [1.807, 2.05) is 6.20 Å². The van der Waals surface area contributed by atoms with Gasteiger partial charge < -0.3 is 10.6 Å². The van der Waals surface area contributed by atoms with Gasteiger partial charge in [-0.25, -0.2) is 4.98 Å². The van der Waals surface area contributed by atoms with Crippen molar-refractivity contribution in [3.63, 3.8) is 0 Å². The minimum Gasteiger partial charge on any atom is -0.375 e. The Bertz CT molecular complexity index is 348. The summed E-state index contributed by atoms with van der Waals surface area (Å²) in [7, 11) is 0. The van der Waals surface area contributed by atoms with E-state index in [2.05, 4.69) is 28.6 Å². The molecule has 6 heteroatoms. The molecule has 2 N–H and O–H groups in total. The highest BCUT2D eigenvalue weighted by molar-refractivity contribution is 7.15. The largest absolute Gasteiger partial charge is 0.375 e. The molecule has 0 amide bonds. The number of aromatic nitrogens is 1. The standard InChI is InChI=1S/C12H22N4S.ClH/c1-10(2)8-15-3-5-16(6-4-15)9-11-7-14-12(13)17-11;/h7,10H,3-6,8-9H2,1-2H3,(H2,13,14);1H. The molecule has 0 aromatic carbocycles. The third kappa shape index (κ3) is 4.72. The highest BCUT2D eigenvalue weighted by Gasteiger charge is 2.17. The molecule has 1 aromatic heterocycles. The summed E-state index contributed by atoms with van der Waals surface area (Å²) >= 11 is 1.60. The summed E-state index contributed by atoms with van der Waals surface area (Å²) in [6.07, 6.45) is 1.90. The first kappa shape index (κ1) is 15.7. The summed E-state index contributed by atoms with van der Waals surface area (Å²) in [4.78, 5) is 10.4. The van der Waals surface area contributed by atoms with Crippen LogP contribution in [0.25, 0.3) is 0 Å². The van der Waals surface area contributed by atoms with Gasteiger partial charge >= 0.3 is 0 Å². The Morgan fingerprint density at radius 2 is 1.89 bits per heavy atom. The molecule has 2 rings (SSSR count). The molecular formula is C12H23ClN4S. The number of piperazine rings is 1. The third-order valence-electron chi connectivity index (χ3n) is 3.04. The SMILES string of the molecule is CC(C)CN1CCN(Cc2cnc(N)s2)CC1.Cl. The molecule has 1 aliphatic heterocycles. The molecule has 1 saturated heterocycles. The van der Waals surface area contributed by atoms with Crippen molar-refractivity contribution in [2.75, 3.05) is 38.5 Å². The highest BCUT2D eigenvalue weighted by atomic mass is 35.5. The van der Waals surface area contributed by atoms with E-state index in [-0.39, 0.29) is 12.4 Å². The molecular weight excluding hydrogens is 268 g/mol. The van der Waals surface area contributed by atoms with Gasteiger partial charge in [-0.15, -0.1) is 23.7 Å². The van der Waals surface area contributed by atoms with Gasteiger partial charge in [-0.2, -0.15) is 0 Å². The quantitative estimate of drug-likeness (QED) is 0.920. The molecule has 0 atom stereocenters. The van der Waals surface area contributed by atoms with E-state index in [1.54, 1.807) is 11.3 Å². The lowest BCUT2D eigenvalue weighted by molar-refractivity contribution is 0.118. The van der Waals surface area contributed by atoms with E-state index < -0.39 is 0 Å². The highest BCUT2D eigenvalue weighted by Crippen LogP contribution is 2.17. The van der Waals surface area contributed by atoms with E-state index in [0.29, 0.717) is 5.13 Å². The van der Waals surface area contributed by atoms with E-state index in [4.69, 9.17) is 5.73 Å². The first-order chi connectivity index (χ1) is 8.13. The lowest BCUT2D eigenvalue weighted by Gasteiger charge is -2.35.